The van der Waals surface area contributed by atoms with Gasteiger partial charge in [-0.3, -0.25) is 19.4 Å². The van der Waals surface area contributed by atoms with Crippen molar-refractivity contribution in [2.24, 2.45) is 5.73 Å². The van der Waals surface area contributed by atoms with Crippen molar-refractivity contribution in [1.29, 1.82) is 0 Å². The minimum atomic E-state index is -0.966. The molecule has 1 aromatic heterocycles. The summed E-state index contributed by atoms with van der Waals surface area (Å²) in [5.41, 5.74) is 7.03. The fourth-order valence-electron chi connectivity index (χ4n) is 2.33. The lowest BCUT2D eigenvalue weighted by Crippen LogP contribution is -2.47. The summed E-state index contributed by atoms with van der Waals surface area (Å²) in [6.45, 7) is 2.59. The molecule has 0 saturated carbocycles. The van der Waals surface area contributed by atoms with Crippen LogP contribution in [0.4, 0.5) is 0 Å². The van der Waals surface area contributed by atoms with E-state index in [-0.39, 0.29) is 18.2 Å². The summed E-state index contributed by atoms with van der Waals surface area (Å²) in [5.74, 6) is -1.24. The molecule has 140 valence electrons. The van der Waals surface area contributed by atoms with E-state index in [1.807, 2.05) is 0 Å². The number of nitrogens with one attached hydrogen (secondary N) is 2. The van der Waals surface area contributed by atoms with Crippen LogP contribution in [0.1, 0.15) is 56.7 Å². The maximum Gasteiger partial charge on any atom is 0.240 e. The van der Waals surface area contributed by atoms with Crippen LogP contribution in [0.3, 0.4) is 0 Å². The first-order chi connectivity index (χ1) is 12.0. The fourth-order valence-corrected chi connectivity index (χ4v) is 2.93. The van der Waals surface area contributed by atoms with Crippen LogP contribution in [-0.4, -0.2) is 35.3 Å². The Morgan fingerprint density at radius 1 is 1.20 bits per heavy atom. The standard InChI is InChI=1S/C17H28N4O3S/c1-2-3-4-5-6-7-15(22)21-14(17(18)24)10-16(23)20-9-8-13-11-19-12-25-13/h11-12,14H,2-10H2,1H3,(H2,18,24)(H,20,23)(H,21,22). The minimum Gasteiger partial charge on any atom is -0.368 e. The van der Waals surface area contributed by atoms with Crippen molar-refractivity contribution in [3.8, 4) is 0 Å². The van der Waals surface area contributed by atoms with Gasteiger partial charge in [0.15, 0.2) is 0 Å². The van der Waals surface area contributed by atoms with Crippen LogP contribution in [-0.2, 0) is 20.8 Å². The topological polar surface area (TPSA) is 114 Å². The fraction of sp³-hybridized carbons (Fsp3) is 0.647. The zero-order valence-corrected chi connectivity index (χ0v) is 15.6. The molecule has 0 aliphatic rings. The van der Waals surface area contributed by atoms with Gasteiger partial charge in [-0.05, 0) is 6.42 Å². The first-order valence-corrected chi connectivity index (χ1v) is 9.63. The molecule has 0 aliphatic heterocycles. The lowest BCUT2D eigenvalue weighted by molar-refractivity contribution is -0.130. The van der Waals surface area contributed by atoms with Gasteiger partial charge < -0.3 is 16.4 Å². The molecule has 1 atom stereocenters. The second kappa shape index (κ2) is 12.4. The van der Waals surface area contributed by atoms with Crippen LogP contribution < -0.4 is 16.4 Å². The van der Waals surface area contributed by atoms with Crippen LogP contribution >= 0.6 is 11.3 Å². The van der Waals surface area contributed by atoms with Crippen LogP contribution in [0.2, 0.25) is 0 Å². The monoisotopic (exact) mass is 368 g/mol. The van der Waals surface area contributed by atoms with E-state index in [1.54, 1.807) is 11.7 Å². The number of hydrogen-bond donors (Lipinski definition) is 3. The van der Waals surface area contributed by atoms with Gasteiger partial charge in [0.25, 0.3) is 0 Å². The maximum atomic E-state index is 11.9. The van der Waals surface area contributed by atoms with Gasteiger partial charge in [0.05, 0.1) is 11.9 Å². The Kier molecular flexibility index (Phi) is 10.5. The van der Waals surface area contributed by atoms with Gasteiger partial charge in [-0.25, -0.2) is 0 Å². The lowest BCUT2D eigenvalue weighted by Gasteiger charge is -2.15. The molecule has 1 unspecified atom stereocenters. The van der Waals surface area contributed by atoms with Crippen molar-refractivity contribution in [2.45, 2.75) is 64.3 Å². The molecule has 7 nitrogen and oxygen atoms in total. The zero-order valence-electron chi connectivity index (χ0n) is 14.8. The average Bonchev–Trinajstić information content (AvgIpc) is 3.07. The van der Waals surface area contributed by atoms with Gasteiger partial charge >= 0.3 is 0 Å². The summed E-state index contributed by atoms with van der Waals surface area (Å²) in [6.07, 6.45) is 7.82. The smallest absolute Gasteiger partial charge is 0.240 e. The lowest BCUT2D eigenvalue weighted by atomic mass is 10.1. The Labute approximate surface area is 152 Å². The number of unbranched alkanes of at least 4 members (excludes halogenated alkanes) is 4. The molecule has 0 bridgehead atoms. The number of hydrogen-bond acceptors (Lipinski definition) is 5. The molecule has 0 fully saturated rings. The van der Waals surface area contributed by atoms with E-state index in [4.69, 9.17) is 5.73 Å². The van der Waals surface area contributed by atoms with Gasteiger partial charge in [0.1, 0.15) is 6.04 Å². The van der Waals surface area contributed by atoms with Crippen molar-refractivity contribution in [2.75, 3.05) is 6.54 Å². The third-order valence-electron chi connectivity index (χ3n) is 3.75. The molecule has 1 heterocycles. The first-order valence-electron chi connectivity index (χ1n) is 8.75. The molecule has 4 N–H and O–H groups in total. The van der Waals surface area contributed by atoms with Gasteiger partial charge in [0.2, 0.25) is 17.7 Å². The van der Waals surface area contributed by atoms with Crippen LogP contribution in [0.5, 0.6) is 0 Å². The summed E-state index contributed by atoms with van der Waals surface area (Å²) < 4.78 is 0. The largest absolute Gasteiger partial charge is 0.368 e. The summed E-state index contributed by atoms with van der Waals surface area (Å²) in [7, 11) is 0. The molecule has 0 spiro atoms. The van der Waals surface area contributed by atoms with Gasteiger partial charge in [-0.2, -0.15) is 0 Å². The van der Waals surface area contributed by atoms with Gasteiger partial charge in [-0.15, -0.1) is 11.3 Å². The summed E-state index contributed by atoms with van der Waals surface area (Å²) in [4.78, 5) is 40.3. The van der Waals surface area contributed by atoms with E-state index < -0.39 is 11.9 Å². The second-order valence-electron chi connectivity index (χ2n) is 5.96. The molecule has 25 heavy (non-hydrogen) atoms. The van der Waals surface area contributed by atoms with Gasteiger partial charge in [-0.1, -0.05) is 32.6 Å². The normalized spacial score (nSPS) is 11.7. The highest BCUT2D eigenvalue weighted by molar-refractivity contribution is 7.09. The van der Waals surface area contributed by atoms with E-state index in [0.29, 0.717) is 19.4 Å². The highest BCUT2D eigenvalue weighted by atomic mass is 32.1. The Balaban J connectivity index is 2.26. The summed E-state index contributed by atoms with van der Waals surface area (Å²) in [6, 6.07) is -0.966. The molecule has 1 aromatic rings. The molecule has 0 radical (unpaired) electrons. The molecule has 3 amide bonds. The molecule has 0 saturated heterocycles. The maximum absolute atomic E-state index is 11.9. The van der Waals surface area contributed by atoms with E-state index in [0.717, 1.165) is 37.0 Å². The minimum absolute atomic E-state index is 0.139. The number of carbonyl (C=O) groups excluding carboxylic acids is 3. The molecule has 8 heteroatoms. The Morgan fingerprint density at radius 3 is 2.60 bits per heavy atom. The van der Waals surface area contributed by atoms with Crippen molar-refractivity contribution in [3.05, 3.63) is 16.6 Å². The van der Waals surface area contributed by atoms with Crippen LogP contribution in [0.25, 0.3) is 0 Å². The highest BCUT2D eigenvalue weighted by Crippen LogP contribution is 2.06. The third-order valence-corrected chi connectivity index (χ3v) is 4.59. The number of primary amides is 1. The van der Waals surface area contributed by atoms with Crippen LogP contribution in [0.15, 0.2) is 11.7 Å². The predicted octanol–water partition coefficient (Wildman–Crippen LogP) is 1.52. The van der Waals surface area contributed by atoms with E-state index in [9.17, 15) is 14.4 Å². The summed E-state index contributed by atoms with van der Waals surface area (Å²) in [5, 5.41) is 5.29. The second-order valence-corrected chi connectivity index (χ2v) is 6.93. The Morgan fingerprint density at radius 2 is 1.96 bits per heavy atom. The van der Waals surface area contributed by atoms with E-state index in [1.165, 1.54) is 11.3 Å². The van der Waals surface area contributed by atoms with Crippen molar-refractivity contribution >= 4 is 29.1 Å². The number of aromatic nitrogens is 1. The predicted molar refractivity (Wildman–Crippen MR) is 97.9 cm³/mol. The number of rotatable bonds is 13. The average molecular weight is 369 g/mol. The highest BCUT2D eigenvalue weighted by Gasteiger charge is 2.21. The van der Waals surface area contributed by atoms with Gasteiger partial charge in [0, 0.05) is 30.5 Å². The number of carbonyl (C=O) groups is 3. The molecule has 0 aliphatic carbocycles. The third kappa shape index (κ3) is 9.81. The van der Waals surface area contributed by atoms with E-state index in [2.05, 4.69) is 22.5 Å². The number of amides is 3. The Bertz CT molecular complexity index is 534. The SMILES string of the molecule is CCCCCCCC(=O)NC(CC(=O)NCCc1cncs1)C(N)=O. The number of nitrogens with zero attached hydrogens (tertiary/aromatic N) is 1. The van der Waals surface area contributed by atoms with E-state index >= 15 is 0 Å². The molecule has 1 rings (SSSR count). The number of nitrogens with two attached hydrogens (primary N) is 1. The molecular weight excluding hydrogens is 340 g/mol. The molecule has 0 aromatic carbocycles. The van der Waals surface area contributed by atoms with Crippen molar-refractivity contribution < 1.29 is 14.4 Å². The van der Waals surface area contributed by atoms with Crippen LogP contribution in [0, 0.1) is 0 Å². The zero-order chi connectivity index (χ0) is 18.5. The Hall–Kier alpha value is -1.96. The quantitative estimate of drug-likeness (QED) is 0.458. The first kappa shape index (κ1) is 21.1. The van der Waals surface area contributed by atoms with Crippen molar-refractivity contribution in [3.63, 3.8) is 0 Å². The molecular formula is C17H28N4O3S. The van der Waals surface area contributed by atoms with Crippen molar-refractivity contribution in [1.82, 2.24) is 15.6 Å². The number of thiazole rings is 1. The summed E-state index contributed by atoms with van der Waals surface area (Å²) >= 11 is 1.52.